The molecule has 0 atom stereocenters. The number of nitriles is 1. The molecule has 1 rings (SSSR count). The number of aryl methyl sites for hydroxylation is 1. The molecule has 0 aliphatic rings. The summed E-state index contributed by atoms with van der Waals surface area (Å²) in [4.78, 5) is 0. The molecule has 0 saturated carbocycles. The number of rotatable bonds is 2. The zero-order valence-corrected chi connectivity index (χ0v) is 7.96. The Labute approximate surface area is 75.8 Å². The summed E-state index contributed by atoms with van der Waals surface area (Å²) in [5.41, 5.74) is 0.202. The summed E-state index contributed by atoms with van der Waals surface area (Å²) in [7, 11) is -1.81. The van der Waals surface area contributed by atoms with E-state index in [0.717, 1.165) is 6.26 Å². The third-order valence-electron chi connectivity index (χ3n) is 1.34. The van der Waals surface area contributed by atoms with Gasteiger partial charge in [0.1, 0.15) is 11.6 Å². The minimum absolute atomic E-state index is 0.185. The van der Waals surface area contributed by atoms with Gasteiger partial charge < -0.3 is 0 Å². The lowest BCUT2D eigenvalue weighted by atomic mass is 10.4. The molecule has 0 aliphatic carbocycles. The van der Waals surface area contributed by atoms with E-state index in [9.17, 15) is 8.42 Å². The van der Waals surface area contributed by atoms with Crippen LogP contribution in [0.4, 0.5) is 5.82 Å². The van der Waals surface area contributed by atoms with E-state index in [1.165, 1.54) is 10.9 Å². The zero-order valence-electron chi connectivity index (χ0n) is 7.14. The molecule has 1 aromatic heterocycles. The lowest BCUT2D eigenvalue weighted by Crippen LogP contribution is -2.13. The minimum Gasteiger partial charge on any atom is -0.267 e. The minimum atomic E-state index is -3.36. The Hall–Kier alpha value is -1.55. The SMILES string of the molecule is Cn1ncc(C#N)c1NS(C)(=O)=O. The summed E-state index contributed by atoms with van der Waals surface area (Å²) in [6.45, 7) is 0. The van der Waals surface area contributed by atoms with Crippen molar-refractivity contribution in [1.29, 1.82) is 5.26 Å². The Balaban J connectivity index is 3.15. The third-order valence-corrected chi connectivity index (χ3v) is 1.91. The first-order valence-corrected chi connectivity index (χ1v) is 5.23. The maximum absolute atomic E-state index is 10.9. The van der Waals surface area contributed by atoms with Crippen LogP contribution in [0.3, 0.4) is 0 Å². The van der Waals surface area contributed by atoms with Crippen LogP contribution >= 0.6 is 0 Å². The number of anilines is 1. The Morgan fingerprint density at radius 1 is 1.69 bits per heavy atom. The molecule has 1 aromatic rings. The van der Waals surface area contributed by atoms with Gasteiger partial charge in [-0.1, -0.05) is 0 Å². The van der Waals surface area contributed by atoms with Crippen molar-refractivity contribution >= 4 is 15.8 Å². The van der Waals surface area contributed by atoms with Gasteiger partial charge in [-0.25, -0.2) is 8.42 Å². The van der Waals surface area contributed by atoms with E-state index >= 15 is 0 Å². The highest BCUT2D eigenvalue weighted by molar-refractivity contribution is 7.92. The molecule has 0 unspecified atom stereocenters. The van der Waals surface area contributed by atoms with Crippen LogP contribution in [0, 0.1) is 11.3 Å². The molecule has 0 aliphatic heterocycles. The number of nitrogens with zero attached hydrogens (tertiary/aromatic N) is 3. The van der Waals surface area contributed by atoms with Crippen molar-refractivity contribution in [2.45, 2.75) is 0 Å². The van der Waals surface area contributed by atoms with Crippen molar-refractivity contribution in [2.75, 3.05) is 11.0 Å². The van der Waals surface area contributed by atoms with Crippen LogP contribution in [0.2, 0.25) is 0 Å². The van der Waals surface area contributed by atoms with E-state index in [1.54, 1.807) is 7.05 Å². The fourth-order valence-electron chi connectivity index (χ4n) is 0.816. The zero-order chi connectivity index (χ0) is 10.1. The van der Waals surface area contributed by atoms with Crippen LogP contribution in [-0.4, -0.2) is 24.5 Å². The highest BCUT2D eigenvalue weighted by Crippen LogP contribution is 2.13. The first-order valence-electron chi connectivity index (χ1n) is 3.34. The third kappa shape index (κ3) is 2.19. The van der Waals surface area contributed by atoms with Gasteiger partial charge in [0.05, 0.1) is 12.5 Å². The first-order chi connectivity index (χ1) is 5.94. The molecule has 0 aromatic carbocycles. The van der Waals surface area contributed by atoms with Crippen LogP contribution in [0.1, 0.15) is 5.56 Å². The van der Waals surface area contributed by atoms with E-state index in [-0.39, 0.29) is 11.4 Å². The molecule has 0 fully saturated rings. The molecule has 0 bridgehead atoms. The maximum Gasteiger partial charge on any atom is 0.230 e. The molecule has 6 nitrogen and oxygen atoms in total. The molecule has 0 radical (unpaired) electrons. The fourth-order valence-corrected chi connectivity index (χ4v) is 1.41. The Kier molecular flexibility index (Phi) is 2.25. The molecule has 70 valence electrons. The predicted octanol–water partition coefficient (Wildman–Crippen LogP) is -0.337. The van der Waals surface area contributed by atoms with Gasteiger partial charge in [0.25, 0.3) is 0 Å². The van der Waals surface area contributed by atoms with E-state index in [0.29, 0.717) is 0 Å². The summed E-state index contributed by atoms with van der Waals surface area (Å²) >= 11 is 0. The van der Waals surface area contributed by atoms with Gasteiger partial charge in [-0.2, -0.15) is 10.4 Å². The first kappa shape index (κ1) is 9.54. The average molecular weight is 200 g/mol. The van der Waals surface area contributed by atoms with E-state index in [1.807, 2.05) is 6.07 Å². The summed E-state index contributed by atoms with van der Waals surface area (Å²) in [5, 5.41) is 12.3. The average Bonchev–Trinajstić information content (AvgIpc) is 2.30. The lowest BCUT2D eigenvalue weighted by Gasteiger charge is -2.03. The van der Waals surface area contributed by atoms with Gasteiger partial charge in [0, 0.05) is 7.05 Å². The van der Waals surface area contributed by atoms with Crippen molar-refractivity contribution in [2.24, 2.45) is 7.05 Å². The van der Waals surface area contributed by atoms with Crippen molar-refractivity contribution in [3.63, 3.8) is 0 Å². The van der Waals surface area contributed by atoms with Gasteiger partial charge in [-0.15, -0.1) is 0 Å². The van der Waals surface area contributed by atoms with Gasteiger partial charge in [-0.3, -0.25) is 9.40 Å². The molecule has 0 saturated heterocycles. The Bertz CT molecular complexity index is 453. The van der Waals surface area contributed by atoms with Crippen LogP contribution in [0.15, 0.2) is 6.20 Å². The quantitative estimate of drug-likeness (QED) is 0.707. The van der Waals surface area contributed by atoms with Gasteiger partial charge in [0.2, 0.25) is 10.0 Å². The number of nitrogens with one attached hydrogen (secondary N) is 1. The number of hydrogen-bond donors (Lipinski definition) is 1. The molecule has 7 heteroatoms. The molecule has 13 heavy (non-hydrogen) atoms. The van der Waals surface area contributed by atoms with Gasteiger partial charge >= 0.3 is 0 Å². The second kappa shape index (κ2) is 3.06. The number of aromatic nitrogens is 2. The molecule has 1 N–H and O–H groups in total. The van der Waals surface area contributed by atoms with E-state index in [4.69, 9.17) is 5.26 Å². The fraction of sp³-hybridized carbons (Fsp3) is 0.333. The molecular weight excluding hydrogens is 192 g/mol. The Morgan fingerprint density at radius 3 is 2.77 bits per heavy atom. The molecule has 1 heterocycles. The summed E-state index contributed by atoms with van der Waals surface area (Å²) < 4.78 is 25.2. The number of hydrogen-bond acceptors (Lipinski definition) is 4. The van der Waals surface area contributed by atoms with Gasteiger partial charge in [-0.05, 0) is 0 Å². The van der Waals surface area contributed by atoms with Crippen molar-refractivity contribution in [3.8, 4) is 6.07 Å². The molecule has 0 spiro atoms. The van der Waals surface area contributed by atoms with Crippen LogP contribution in [-0.2, 0) is 17.1 Å². The second-order valence-electron chi connectivity index (χ2n) is 2.52. The standard InChI is InChI=1S/C6H8N4O2S/c1-10-6(9-13(2,11)12)5(3-7)4-8-10/h4,9H,1-2H3. The molecular formula is C6H8N4O2S. The van der Waals surface area contributed by atoms with Gasteiger partial charge in [0.15, 0.2) is 5.82 Å². The molecule has 0 amide bonds. The largest absolute Gasteiger partial charge is 0.267 e. The summed E-state index contributed by atoms with van der Waals surface area (Å²) in [5.74, 6) is 0.185. The van der Waals surface area contributed by atoms with Crippen LogP contribution in [0.25, 0.3) is 0 Å². The van der Waals surface area contributed by atoms with Crippen LogP contribution in [0.5, 0.6) is 0 Å². The Morgan fingerprint density at radius 2 is 2.31 bits per heavy atom. The van der Waals surface area contributed by atoms with Crippen molar-refractivity contribution in [1.82, 2.24) is 9.78 Å². The maximum atomic E-state index is 10.9. The monoisotopic (exact) mass is 200 g/mol. The van der Waals surface area contributed by atoms with E-state index in [2.05, 4.69) is 9.82 Å². The van der Waals surface area contributed by atoms with Crippen molar-refractivity contribution in [3.05, 3.63) is 11.8 Å². The second-order valence-corrected chi connectivity index (χ2v) is 4.26. The lowest BCUT2D eigenvalue weighted by molar-refractivity contribution is 0.606. The normalized spacial score (nSPS) is 10.8. The summed E-state index contributed by atoms with van der Waals surface area (Å²) in [6.07, 6.45) is 2.31. The smallest absolute Gasteiger partial charge is 0.230 e. The van der Waals surface area contributed by atoms with E-state index < -0.39 is 10.0 Å². The van der Waals surface area contributed by atoms with Crippen molar-refractivity contribution < 1.29 is 8.42 Å². The van der Waals surface area contributed by atoms with Crippen LogP contribution < -0.4 is 4.72 Å². The predicted molar refractivity (Wildman–Crippen MR) is 46.4 cm³/mol. The summed E-state index contributed by atoms with van der Waals surface area (Å²) in [6, 6.07) is 1.83. The highest BCUT2D eigenvalue weighted by Gasteiger charge is 2.11. The number of sulfonamides is 1. The topological polar surface area (TPSA) is 87.8 Å². The highest BCUT2D eigenvalue weighted by atomic mass is 32.2.